The molecule has 4 nitrogen and oxygen atoms in total. The number of nitrogen functional groups attached to an aromatic ring is 1. The number of anilines is 1. The minimum Gasteiger partial charge on any atom is -0.399 e. The molecule has 56 valence electrons. The van der Waals surface area contributed by atoms with Gasteiger partial charge in [0.2, 0.25) is 0 Å². The molecule has 0 saturated carbocycles. The highest BCUT2D eigenvalue weighted by atomic mass is 15.3. The van der Waals surface area contributed by atoms with Gasteiger partial charge in [-0.3, -0.25) is 0 Å². The summed E-state index contributed by atoms with van der Waals surface area (Å²) < 4.78 is 0. The van der Waals surface area contributed by atoms with Crippen LogP contribution in [0.15, 0.2) is 12.1 Å². The molecule has 1 heterocycles. The van der Waals surface area contributed by atoms with Gasteiger partial charge in [-0.2, -0.15) is 15.4 Å². The van der Waals surface area contributed by atoms with Crippen LogP contribution >= 0.6 is 0 Å². The lowest BCUT2D eigenvalue weighted by Gasteiger charge is -1.94. The van der Waals surface area contributed by atoms with Crippen molar-refractivity contribution in [2.24, 2.45) is 0 Å². The first-order chi connectivity index (χ1) is 5.27. The molecule has 2 aromatic rings. The molecule has 0 aliphatic carbocycles. The summed E-state index contributed by atoms with van der Waals surface area (Å²) in [5.74, 6) is 0. The highest BCUT2D eigenvalue weighted by Gasteiger charge is 2.01. The number of nitrogens with zero attached hydrogens (tertiary/aromatic N) is 2. The molecule has 2 rings (SSSR count). The van der Waals surface area contributed by atoms with E-state index in [2.05, 4.69) is 15.4 Å². The van der Waals surface area contributed by atoms with Crippen molar-refractivity contribution in [1.29, 1.82) is 0 Å². The van der Waals surface area contributed by atoms with Gasteiger partial charge < -0.3 is 5.73 Å². The lowest BCUT2D eigenvalue weighted by atomic mass is 10.2. The highest BCUT2D eigenvalue weighted by Crippen LogP contribution is 2.16. The third-order valence-corrected chi connectivity index (χ3v) is 1.63. The molecule has 0 radical (unpaired) electrons. The van der Waals surface area contributed by atoms with Gasteiger partial charge in [0.1, 0.15) is 11.0 Å². The van der Waals surface area contributed by atoms with E-state index in [0.29, 0.717) is 0 Å². The number of H-pyrrole nitrogens is 1. The molecule has 11 heavy (non-hydrogen) atoms. The van der Waals surface area contributed by atoms with Crippen molar-refractivity contribution in [1.82, 2.24) is 15.4 Å². The van der Waals surface area contributed by atoms with E-state index in [0.717, 1.165) is 22.3 Å². The van der Waals surface area contributed by atoms with E-state index in [1.807, 2.05) is 13.0 Å². The molecule has 0 saturated heterocycles. The van der Waals surface area contributed by atoms with Crippen LogP contribution in [0.1, 0.15) is 5.56 Å². The van der Waals surface area contributed by atoms with Gasteiger partial charge in [-0.25, -0.2) is 0 Å². The van der Waals surface area contributed by atoms with E-state index in [4.69, 9.17) is 5.73 Å². The van der Waals surface area contributed by atoms with Gasteiger partial charge in [-0.05, 0) is 24.6 Å². The summed E-state index contributed by atoms with van der Waals surface area (Å²) in [5, 5.41) is 10.4. The molecule has 4 heteroatoms. The number of aromatic amines is 1. The Morgan fingerprint density at radius 2 is 2.18 bits per heavy atom. The van der Waals surface area contributed by atoms with Crippen LogP contribution in [0.4, 0.5) is 5.69 Å². The maximum atomic E-state index is 5.60. The van der Waals surface area contributed by atoms with Gasteiger partial charge >= 0.3 is 0 Å². The Kier molecular flexibility index (Phi) is 1.09. The number of nitrogens with two attached hydrogens (primary N) is 1. The predicted octanol–water partition coefficient (Wildman–Crippen LogP) is 0.849. The van der Waals surface area contributed by atoms with Crippen LogP contribution in [0.25, 0.3) is 11.0 Å². The molecule has 1 aromatic heterocycles. The summed E-state index contributed by atoms with van der Waals surface area (Å²) in [6.07, 6.45) is 0. The van der Waals surface area contributed by atoms with E-state index in [1.54, 1.807) is 6.07 Å². The monoisotopic (exact) mass is 148 g/mol. The molecule has 0 atom stereocenters. The fourth-order valence-corrected chi connectivity index (χ4v) is 1.15. The average Bonchev–Trinajstić information content (AvgIpc) is 2.34. The van der Waals surface area contributed by atoms with E-state index in [-0.39, 0.29) is 0 Å². The maximum Gasteiger partial charge on any atom is 0.116 e. The molecule has 0 aliphatic heterocycles. The van der Waals surface area contributed by atoms with Crippen molar-refractivity contribution >= 4 is 16.7 Å². The van der Waals surface area contributed by atoms with Crippen molar-refractivity contribution in [2.75, 3.05) is 5.73 Å². The van der Waals surface area contributed by atoms with Crippen molar-refractivity contribution < 1.29 is 0 Å². The standard InChI is InChI=1S/C7H8N4/c1-4-2-5(8)3-6-7(4)10-11-9-6/h2-3H,8H2,1H3,(H,9,10,11). The fraction of sp³-hybridized carbons (Fsp3) is 0.143. The van der Waals surface area contributed by atoms with E-state index in [9.17, 15) is 0 Å². The quantitative estimate of drug-likeness (QED) is 0.544. The minimum atomic E-state index is 0.726. The molecular formula is C7H8N4. The molecule has 0 aliphatic rings. The van der Waals surface area contributed by atoms with E-state index < -0.39 is 0 Å². The van der Waals surface area contributed by atoms with Gasteiger partial charge in [0.25, 0.3) is 0 Å². The van der Waals surface area contributed by atoms with Crippen LogP contribution in [0.5, 0.6) is 0 Å². The third-order valence-electron chi connectivity index (χ3n) is 1.63. The zero-order chi connectivity index (χ0) is 7.84. The number of benzene rings is 1. The molecule has 3 N–H and O–H groups in total. The molecule has 0 bridgehead atoms. The second kappa shape index (κ2) is 1.95. The lowest BCUT2D eigenvalue weighted by molar-refractivity contribution is 0.958. The zero-order valence-electron chi connectivity index (χ0n) is 6.13. The summed E-state index contributed by atoms with van der Waals surface area (Å²) >= 11 is 0. The fourth-order valence-electron chi connectivity index (χ4n) is 1.15. The van der Waals surface area contributed by atoms with Crippen LogP contribution in [-0.4, -0.2) is 15.4 Å². The second-order valence-electron chi connectivity index (χ2n) is 2.53. The Morgan fingerprint density at radius 3 is 3.00 bits per heavy atom. The van der Waals surface area contributed by atoms with Crippen molar-refractivity contribution in [3.05, 3.63) is 17.7 Å². The number of fused-ring (bicyclic) bond motifs is 1. The molecule has 1 aromatic carbocycles. The molecule has 0 spiro atoms. The number of rotatable bonds is 0. The maximum absolute atomic E-state index is 5.60. The Balaban J connectivity index is 2.91. The summed E-state index contributed by atoms with van der Waals surface area (Å²) in [6.45, 7) is 1.96. The zero-order valence-corrected chi connectivity index (χ0v) is 6.13. The minimum absolute atomic E-state index is 0.726. The normalized spacial score (nSPS) is 10.6. The first kappa shape index (κ1) is 6.15. The molecular weight excluding hydrogens is 140 g/mol. The lowest BCUT2D eigenvalue weighted by Crippen LogP contribution is -1.86. The topological polar surface area (TPSA) is 67.6 Å². The van der Waals surface area contributed by atoms with E-state index >= 15 is 0 Å². The number of aryl methyl sites for hydroxylation is 1. The van der Waals surface area contributed by atoms with Crippen LogP contribution in [0.3, 0.4) is 0 Å². The highest BCUT2D eigenvalue weighted by molar-refractivity contribution is 5.80. The first-order valence-electron chi connectivity index (χ1n) is 3.34. The van der Waals surface area contributed by atoms with Crippen LogP contribution in [0, 0.1) is 6.92 Å². The number of nitrogens with one attached hydrogen (secondary N) is 1. The predicted molar refractivity (Wildman–Crippen MR) is 43.0 cm³/mol. The summed E-state index contributed by atoms with van der Waals surface area (Å²) in [5.41, 5.74) is 9.09. The molecule has 0 amide bonds. The third kappa shape index (κ3) is 0.832. The summed E-state index contributed by atoms with van der Waals surface area (Å²) in [7, 11) is 0. The van der Waals surface area contributed by atoms with Gasteiger partial charge in [-0.1, -0.05) is 0 Å². The number of aromatic nitrogens is 3. The summed E-state index contributed by atoms with van der Waals surface area (Å²) in [6, 6.07) is 3.68. The van der Waals surface area contributed by atoms with Crippen LogP contribution < -0.4 is 5.73 Å². The number of hydrogen-bond acceptors (Lipinski definition) is 3. The van der Waals surface area contributed by atoms with Gasteiger partial charge in [0, 0.05) is 5.69 Å². The second-order valence-corrected chi connectivity index (χ2v) is 2.53. The smallest absolute Gasteiger partial charge is 0.116 e. The first-order valence-corrected chi connectivity index (χ1v) is 3.34. The molecule has 0 unspecified atom stereocenters. The van der Waals surface area contributed by atoms with E-state index in [1.165, 1.54) is 0 Å². The largest absolute Gasteiger partial charge is 0.399 e. The molecule has 0 fully saturated rings. The van der Waals surface area contributed by atoms with Gasteiger partial charge in [0.15, 0.2) is 0 Å². The van der Waals surface area contributed by atoms with Crippen LogP contribution in [-0.2, 0) is 0 Å². The van der Waals surface area contributed by atoms with Gasteiger partial charge in [-0.15, -0.1) is 0 Å². The average molecular weight is 148 g/mol. The van der Waals surface area contributed by atoms with Crippen molar-refractivity contribution in [2.45, 2.75) is 6.92 Å². The Morgan fingerprint density at radius 1 is 1.36 bits per heavy atom. The SMILES string of the molecule is Cc1cc(N)cc2n[nH]nc12. The van der Waals surface area contributed by atoms with Crippen LogP contribution in [0.2, 0.25) is 0 Å². The van der Waals surface area contributed by atoms with Gasteiger partial charge in [0.05, 0.1) is 0 Å². The number of hydrogen-bond donors (Lipinski definition) is 2. The van der Waals surface area contributed by atoms with Crippen molar-refractivity contribution in [3.63, 3.8) is 0 Å². The van der Waals surface area contributed by atoms with Crippen molar-refractivity contribution in [3.8, 4) is 0 Å². The Bertz CT molecular complexity index is 390. The Labute approximate surface area is 63.4 Å². The summed E-state index contributed by atoms with van der Waals surface area (Å²) in [4.78, 5) is 0. The Hall–Kier alpha value is -1.58.